The molecule has 1 amide bonds. The van der Waals surface area contributed by atoms with Crippen LogP contribution in [-0.2, 0) is 11.0 Å². The number of aromatic nitrogens is 2. The van der Waals surface area contributed by atoms with Gasteiger partial charge in [-0.2, -0.15) is 13.2 Å². The fourth-order valence-electron chi connectivity index (χ4n) is 4.27. The molecule has 40 heavy (non-hydrogen) atoms. The number of alkyl halides is 3. The van der Waals surface area contributed by atoms with Gasteiger partial charge in [-0.3, -0.25) is 14.8 Å². The van der Waals surface area contributed by atoms with E-state index in [4.69, 9.17) is 16.4 Å². The number of hydrogen-bond donors (Lipinski definition) is 1. The maximum absolute atomic E-state index is 14.9. The highest BCUT2D eigenvalue weighted by Crippen LogP contribution is 2.33. The maximum atomic E-state index is 14.9. The van der Waals surface area contributed by atoms with Gasteiger partial charge in [0.1, 0.15) is 11.5 Å². The lowest BCUT2D eigenvalue weighted by Crippen LogP contribution is -2.27. The van der Waals surface area contributed by atoms with Crippen molar-refractivity contribution in [3.63, 3.8) is 0 Å². The number of carbonyl (C=O) groups excluding carboxylic acids is 1. The number of hydrogen-bond acceptors (Lipinski definition) is 5. The fourth-order valence-corrected chi connectivity index (χ4v) is 4.43. The molecule has 11 heteroatoms. The third-order valence-electron chi connectivity index (χ3n) is 6.38. The highest BCUT2D eigenvalue weighted by atomic mass is 35.5. The number of oxime groups is 1. The third-order valence-corrected chi connectivity index (χ3v) is 6.62. The van der Waals surface area contributed by atoms with Crippen molar-refractivity contribution < 1.29 is 27.2 Å². The SMILES string of the molecule is CC(NC(=O)c1cc(C2=NOC(c3ccccn3)C2)cc(-c2ccc(Cl)cc2F)c1)c1ccc(C(F)(F)F)nc1. The maximum Gasteiger partial charge on any atom is 0.433 e. The number of nitrogens with one attached hydrogen (secondary N) is 1. The summed E-state index contributed by atoms with van der Waals surface area (Å²) in [7, 11) is 0. The smallest absolute Gasteiger partial charge is 0.385 e. The van der Waals surface area contributed by atoms with Crippen molar-refractivity contribution in [1.82, 2.24) is 15.3 Å². The van der Waals surface area contributed by atoms with Crippen LogP contribution in [0.25, 0.3) is 11.1 Å². The van der Waals surface area contributed by atoms with E-state index in [1.807, 2.05) is 12.1 Å². The van der Waals surface area contributed by atoms with Crippen LogP contribution in [-0.4, -0.2) is 21.6 Å². The molecular formula is C29H21ClF4N4O2. The Kier molecular flexibility index (Phi) is 7.53. The molecule has 0 bridgehead atoms. The summed E-state index contributed by atoms with van der Waals surface area (Å²) >= 11 is 5.93. The first-order chi connectivity index (χ1) is 19.1. The van der Waals surface area contributed by atoms with Crippen LogP contribution < -0.4 is 5.32 Å². The van der Waals surface area contributed by atoms with Crippen molar-refractivity contribution in [2.75, 3.05) is 0 Å². The molecule has 0 saturated heterocycles. The molecule has 0 spiro atoms. The highest BCUT2D eigenvalue weighted by Gasteiger charge is 2.32. The van der Waals surface area contributed by atoms with Crippen LogP contribution in [0.2, 0.25) is 5.02 Å². The number of halogens is 5. The van der Waals surface area contributed by atoms with E-state index < -0.39 is 35.7 Å². The van der Waals surface area contributed by atoms with Crippen LogP contribution in [0.3, 0.4) is 0 Å². The van der Waals surface area contributed by atoms with Gasteiger partial charge in [0.25, 0.3) is 5.91 Å². The lowest BCUT2D eigenvalue weighted by molar-refractivity contribution is -0.141. The second-order valence-corrected chi connectivity index (χ2v) is 9.62. The molecule has 1 N–H and O–H groups in total. The van der Waals surface area contributed by atoms with Crippen LogP contribution in [0.5, 0.6) is 0 Å². The Bertz CT molecular complexity index is 1580. The molecule has 1 aliphatic rings. The van der Waals surface area contributed by atoms with E-state index in [-0.39, 0.29) is 16.1 Å². The van der Waals surface area contributed by atoms with Gasteiger partial charge >= 0.3 is 6.18 Å². The molecule has 0 saturated carbocycles. The number of amides is 1. The quantitative estimate of drug-likeness (QED) is 0.247. The number of nitrogens with zero attached hydrogens (tertiary/aromatic N) is 3. The number of rotatable bonds is 6. The zero-order chi connectivity index (χ0) is 28.4. The average molecular weight is 569 g/mol. The molecule has 2 unspecified atom stereocenters. The van der Waals surface area contributed by atoms with Gasteiger partial charge in [-0.15, -0.1) is 0 Å². The molecule has 1 aliphatic heterocycles. The zero-order valence-electron chi connectivity index (χ0n) is 20.9. The van der Waals surface area contributed by atoms with Gasteiger partial charge in [-0.25, -0.2) is 4.39 Å². The normalized spacial score (nSPS) is 15.8. The fraction of sp³-hybridized carbons (Fsp3) is 0.172. The molecule has 4 aromatic rings. The topological polar surface area (TPSA) is 76.5 Å². The molecule has 204 valence electrons. The largest absolute Gasteiger partial charge is 0.433 e. The van der Waals surface area contributed by atoms with Gasteiger partial charge in [0, 0.05) is 40.5 Å². The van der Waals surface area contributed by atoms with E-state index in [0.29, 0.717) is 34.5 Å². The Hall–Kier alpha value is -4.31. The summed E-state index contributed by atoms with van der Waals surface area (Å²) in [4.78, 5) is 26.7. The Balaban J connectivity index is 1.45. The third kappa shape index (κ3) is 5.96. The predicted octanol–water partition coefficient (Wildman–Crippen LogP) is 7.31. The van der Waals surface area contributed by atoms with Gasteiger partial charge in [0.05, 0.1) is 17.4 Å². The summed E-state index contributed by atoms with van der Waals surface area (Å²) in [5.74, 6) is -1.10. The summed E-state index contributed by atoms with van der Waals surface area (Å²) in [5.41, 5.74) is 1.95. The van der Waals surface area contributed by atoms with Crippen LogP contribution >= 0.6 is 11.6 Å². The average Bonchev–Trinajstić information content (AvgIpc) is 3.43. The van der Waals surface area contributed by atoms with E-state index in [0.717, 1.165) is 12.3 Å². The highest BCUT2D eigenvalue weighted by molar-refractivity contribution is 6.30. The monoisotopic (exact) mass is 568 g/mol. The van der Waals surface area contributed by atoms with E-state index >= 15 is 0 Å². The zero-order valence-corrected chi connectivity index (χ0v) is 21.7. The van der Waals surface area contributed by atoms with Gasteiger partial charge < -0.3 is 10.2 Å². The minimum absolute atomic E-state index is 0.192. The summed E-state index contributed by atoms with van der Waals surface area (Å²) in [6, 6.07) is 16.0. The van der Waals surface area contributed by atoms with E-state index in [9.17, 15) is 22.4 Å². The lowest BCUT2D eigenvalue weighted by Gasteiger charge is -2.16. The van der Waals surface area contributed by atoms with E-state index in [1.54, 1.807) is 37.4 Å². The molecule has 2 aromatic heterocycles. The van der Waals surface area contributed by atoms with Crippen LogP contribution in [0.4, 0.5) is 17.6 Å². The summed E-state index contributed by atoms with van der Waals surface area (Å²) in [6.45, 7) is 1.62. The van der Waals surface area contributed by atoms with Gasteiger partial charge in [0.15, 0.2) is 6.10 Å². The minimum atomic E-state index is -4.57. The number of carbonyl (C=O) groups is 1. The predicted molar refractivity (Wildman–Crippen MR) is 141 cm³/mol. The van der Waals surface area contributed by atoms with Gasteiger partial charge in [0.2, 0.25) is 0 Å². The van der Waals surface area contributed by atoms with E-state index in [2.05, 4.69) is 20.4 Å². The summed E-state index contributed by atoms with van der Waals surface area (Å²) < 4.78 is 53.5. The molecule has 2 aromatic carbocycles. The first-order valence-electron chi connectivity index (χ1n) is 12.2. The second kappa shape index (κ2) is 11.1. The van der Waals surface area contributed by atoms with Crippen molar-refractivity contribution in [2.45, 2.75) is 31.7 Å². The van der Waals surface area contributed by atoms with E-state index in [1.165, 1.54) is 24.3 Å². The molecular weight excluding hydrogens is 548 g/mol. The first-order valence-corrected chi connectivity index (χ1v) is 12.5. The Morgan fingerprint density at radius 3 is 2.52 bits per heavy atom. The van der Waals surface area contributed by atoms with Crippen LogP contribution in [0.15, 0.2) is 84.3 Å². The van der Waals surface area contributed by atoms with Gasteiger partial charge in [-0.1, -0.05) is 28.9 Å². The number of benzene rings is 2. The van der Waals surface area contributed by atoms with Crippen molar-refractivity contribution >= 4 is 23.2 Å². The Labute approximate surface area is 231 Å². The summed E-state index contributed by atoms with van der Waals surface area (Å²) in [5, 5.41) is 7.19. The first kappa shape index (κ1) is 27.3. The molecule has 3 heterocycles. The van der Waals surface area contributed by atoms with Crippen molar-refractivity contribution in [1.29, 1.82) is 0 Å². The molecule has 0 fully saturated rings. The van der Waals surface area contributed by atoms with Gasteiger partial charge in [-0.05, 0) is 72.6 Å². The standard InChI is InChI=1S/C29H21ClF4N4O2/c1-16(17-5-8-27(36-15-17)29(32,33)34)37-28(39)20-11-18(22-7-6-21(30)13-23(22)31)10-19(12-20)25-14-26(40-38-25)24-4-2-3-9-35-24/h2-13,15-16,26H,14H2,1H3,(H,37,39). The second-order valence-electron chi connectivity index (χ2n) is 9.18. The Morgan fingerprint density at radius 2 is 1.85 bits per heavy atom. The molecule has 2 atom stereocenters. The van der Waals surface area contributed by atoms with Crippen molar-refractivity contribution in [3.05, 3.63) is 118 Å². The van der Waals surface area contributed by atoms with Crippen molar-refractivity contribution in [3.8, 4) is 11.1 Å². The Morgan fingerprint density at radius 1 is 1.05 bits per heavy atom. The van der Waals surface area contributed by atoms with Crippen LogP contribution in [0, 0.1) is 5.82 Å². The van der Waals surface area contributed by atoms with Crippen molar-refractivity contribution in [2.24, 2.45) is 5.16 Å². The molecule has 6 nitrogen and oxygen atoms in total. The summed E-state index contributed by atoms with van der Waals surface area (Å²) in [6.07, 6.45) is -1.90. The molecule has 0 radical (unpaired) electrons. The lowest BCUT2D eigenvalue weighted by atomic mass is 9.95. The number of pyridine rings is 2. The molecule has 0 aliphatic carbocycles. The minimum Gasteiger partial charge on any atom is -0.385 e. The van der Waals surface area contributed by atoms with Crippen LogP contribution in [0.1, 0.15) is 58.4 Å². The molecule has 5 rings (SSSR count).